The highest BCUT2D eigenvalue weighted by Gasteiger charge is 2.37. The fourth-order valence-electron chi connectivity index (χ4n) is 5.03. The monoisotopic (exact) mass is 495 g/mol. The van der Waals surface area contributed by atoms with E-state index in [-0.39, 0.29) is 35.9 Å². The molecular formula is C24H25N5O5S. The number of benzene rings is 1. The Hall–Kier alpha value is -3.47. The van der Waals surface area contributed by atoms with Crippen molar-refractivity contribution in [3.8, 4) is 5.75 Å². The summed E-state index contributed by atoms with van der Waals surface area (Å²) in [7, 11) is -3.13. The van der Waals surface area contributed by atoms with Crippen molar-refractivity contribution in [3.05, 3.63) is 47.3 Å². The predicted octanol–water partition coefficient (Wildman–Crippen LogP) is 1.87. The van der Waals surface area contributed by atoms with Crippen molar-refractivity contribution < 1.29 is 22.7 Å². The van der Waals surface area contributed by atoms with Gasteiger partial charge in [-0.3, -0.25) is 9.59 Å². The van der Waals surface area contributed by atoms with Crippen LogP contribution in [-0.2, 0) is 14.6 Å². The number of ether oxygens (including phenoxy) is 1. The van der Waals surface area contributed by atoms with E-state index >= 15 is 0 Å². The van der Waals surface area contributed by atoms with Gasteiger partial charge in [0.25, 0.3) is 11.8 Å². The average Bonchev–Trinajstić information content (AvgIpc) is 3.55. The second-order valence-corrected chi connectivity index (χ2v) is 11.8. The van der Waals surface area contributed by atoms with Gasteiger partial charge in [0.15, 0.2) is 21.6 Å². The van der Waals surface area contributed by atoms with Gasteiger partial charge in [-0.25, -0.2) is 18.1 Å². The molecule has 182 valence electrons. The molecule has 0 unspecified atom stereocenters. The predicted molar refractivity (Wildman–Crippen MR) is 128 cm³/mol. The maximum absolute atomic E-state index is 14.1. The number of nitrogens with zero attached hydrogens (tertiary/aromatic N) is 4. The minimum absolute atomic E-state index is 0.0121. The highest BCUT2D eigenvalue weighted by atomic mass is 32.2. The number of carbonyl (C=O) groups is 2. The molecule has 0 radical (unpaired) electrons. The van der Waals surface area contributed by atoms with E-state index < -0.39 is 21.8 Å². The van der Waals surface area contributed by atoms with Gasteiger partial charge in [0, 0.05) is 11.6 Å². The highest BCUT2D eigenvalue weighted by Crippen LogP contribution is 2.42. The fourth-order valence-corrected chi connectivity index (χ4v) is 6.72. The van der Waals surface area contributed by atoms with Gasteiger partial charge in [0.05, 0.1) is 46.4 Å². The van der Waals surface area contributed by atoms with E-state index in [1.165, 1.54) is 4.90 Å². The number of para-hydroxylation sites is 2. The van der Waals surface area contributed by atoms with Crippen LogP contribution in [0.1, 0.15) is 53.0 Å². The first-order valence-corrected chi connectivity index (χ1v) is 13.5. The molecule has 11 heteroatoms. The highest BCUT2D eigenvalue weighted by molar-refractivity contribution is 7.91. The Morgan fingerprint density at radius 1 is 1.17 bits per heavy atom. The van der Waals surface area contributed by atoms with Gasteiger partial charge < -0.3 is 15.4 Å². The van der Waals surface area contributed by atoms with Crippen LogP contribution < -0.4 is 15.4 Å². The molecule has 6 rings (SSSR count). The van der Waals surface area contributed by atoms with Gasteiger partial charge in [-0.15, -0.1) is 0 Å². The van der Waals surface area contributed by atoms with Crippen LogP contribution in [0.2, 0.25) is 0 Å². The second-order valence-electron chi connectivity index (χ2n) is 9.55. The van der Waals surface area contributed by atoms with E-state index in [2.05, 4.69) is 5.10 Å². The van der Waals surface area contributed by atoms with E-state index in [1.54, 1.807) is 35.9 Å². The zero-order valence-corrected chi connectivity index (χ0v) is 20.0. The number of hydrogen-bond donors (Lipinski definition) is 1. The van der Waals surface area contributed by atoms with E-state index in [9.17, 15) is 18.0 Å². The number of hydrogen-bond acceptors (Lipinski definition) is 7. The zero-order valence-electron chi connectivity index (χ0n) is 19.2. The van der Waals surface area contributed by atoms with Gasteiger partial charge >= 0.3 is 0 Å². The molecule has 10 nitrogen and oxygen atoms in total. The lowest BCUT2D eigenvalue weighted by Gasteiger charge is -2.33. The molecule has 0 spiro atoms. The van der Waals surface area contributed by atoms with Crippen LogP contribution >= 0.6 is 0 Å². The molecule has 3 aromatic rings. The van der Waals surface area contributed by atoms with Crippen molar-refractivity contribution in [3.63, 3.8) is 0 Å². The third kappa shape index (κ3) is 3.74. The summed E-state index contributed by atoms with van der Waals surface area (Å²) in [4.78, 5) is 32.4. The van der Waals surface area contributed by atoms with E-state index in [0.29, 0.717) is 40.1 Å². The van der Waals surface area contributed by atoms with Gasteiger partial charge in [0.2, 0.25) is 0 Å². The minimum Gasteiger partial charge on any atom is -0.477 e. The maximum Gasteiger partial charge on any atom is 0.260 e. The quantitative estimate of drug-likeness (QED) is 0.583. The molecule has 1 aliphatic carbocycles. The smallest absolute Gasteiger partial charge is 0.260 e. The molecule has 2 aromatic heterocycles. The SMILES string of the molecule is Cc1nn([C@H]2CCS(=O)(=O)C2)c2nc(C3CC3)cc(C(=O)N3C[C@H](C(N)=O)Oc4ccccc43)c12. The van der Waals surface area contributed by atoms with Crippen LogP contribution in [0.15, 0.2) is 30.3 Å². The number of aromatic nitrogens is 3. The summed E-state index contributed by atoms with van der Waals surface area (Å²) in [5, 5.41) is 5.25. The summed E-state index contributed by atoms with van der Waals surface area (Å²) in [6, 6.07) is 8.55. The van der Waals surface area contributed by atoms with Crippen molar-refractivity contribution in [1.29, 1.82) is 0 Å². The normalized spacial score (nSPS) is 23.2. The third-order valence-corrected chi connectivity index (χ3v) is 8.72. The summed E-state index contributed by atoms with van der Waals surface area (Å²) in [6.45, 7) is 1.79. The molecule has 2 fully saturated rings. The van der Waals surface area contributed by atoms with Crippen LogP contribution in [0.3, 0.4) is 0 Å². The minimum atomic E-state index is -3.13. The fraction of sp³-hybridized carbons (Fsp3) is 0.417. The van der Waals surface area contributed by atoms with E-state index in [0.717, 1.165) is 18.5 Å². The standard InChI is InChI=1S/C24H25N5O5S/c1-13-21-16(24(31)28-11-20(22(25)30)34-19-5-3-2-4-18(19)28)10-17(14-6-7-14)26-23(21)29(27-13)15-8-9-35(32,33)12-15/h2-5,10,14-15,20H,6-9,11-12H2,1H3,(H2,25,30)/t15-,20+/m0/s1. The number of aryl methyl sites for hydroxylation is 1. The topological polar surface area (TPSA) is 137 Å². The Labute approximate surface area is 202 Å². The molecule has 2 N–H and O–H groups in total. The molecular weight excluding hydrogens is 470 g/mol. The molecule has 4 heterocycles. The molecule has 1 saturated heterocycles. The molecule has 35 heavy (non-hydrogen) atoms. The molecule has 0 bridgehead atoms. The molecule has 2 atom stereocenters. The van der Waals surface area contributed by atoms with Crippen molar-refractivity contribution >= 4 is 38.4 Å². The van der Waals surface area contributed by atoms with Crippen LogP contribution in [0.4, 0.5) is 5.69 Å². The van der Waals surface area contributed by atoms with Crippen molar-refractivity contribution in [2.75, 3.05) is 23.0 Å². The Balaban J connectivity index is 1.50. The van der Waals surface area contributed by atoms with Crippen LogP contribution in [-0.4, -0.2) is 59.2 Å². The number of pyridine rings is 1. The van der Waals surface area contributed by atoms with Crippen molar-refractivity contribution in [1.82, 2.24) is 14.8 Å². The van der Waals surface area contributed by atoms with Gasteiger partial charge in [-0.05, 0) is 44.4 Å². The lowest BCUT2D eigenvalue weighted by atomic mass is 10.0. The van der Waals surface area contributed by atoms with Crippen LogP contribution in [0.25, 0.3) is 11.0 Å². The molecule has 3 aliphatic rings. The number of amides is 2. The first kappa shape index (κ1) is 22.0. The number of nitrogens with two attached hydrogens (primary N) is 1. The number of primary amides is 1. The molecule has 1 saturated carbocycles. The third-order valence-electron chi connectivity index (χ3n) is 6.97. The second kappa shape index (κ2) is 7.77. The lowest BCUT2D eigenvalue weighted by molar-refractivity contribution is -0.124. The number of fused-ring (bicyclic) bond motifs is 2. The van der Waals surface area contributed by atoms with Crippen LogP contribution in [0, 0.1) is 6.92 Å². The Bertz CT molecular complexity index is 1490. The maximum atomic E-state index is 14.1. The zero-order chi connectivity index (χ0) is 24.5. The van der Waals surface area contributed by atoms with Crippen LogP contribution in [0.5, 0.6) is 5.75 Å². The van der Waals surface area contributed by atoms with E-state index in [4.69, 9.17) is 15.5 Å². The Morgan fingerprint density at radius 3 is 2.63 bits per heavy atom. The lowest BCUT2D eigenvalue weighted by Crippen LogP contribution is -2.49. The summed E-state index contributed by atoms with van der Waals surface area (Å²) < 4.78 is 31.7. The summed E-state index contributed by atoms with van der Waals surface area (Å²) in [5.41, 5.74) is 8.46. The number of rotatable bonds is 4. The van der Waals surface area contributed by atoms with Gasteiger partial charge in [0.1, 0.15) is 5.75 Å². The van der Waals surface area contributed by atoms with Gasteiger partial charge in [-0.2, -0.15) is 5.10 Å². The Kier molecular flexibility index (Phi) is 4.89. The summed E-state index contributed by atoms with van der Waals surface area (Å²) >= 11 is 0. The van der Waals surface area contributed by atoms with Crippen molar-refractivity contribution in [2.45, 2.75) is 44.2 Å². The summed E-state index contributed by atoms with van der Waals surface area (Å²) in [5.74, 6) is -0.153. The number of anilines is 1. The van der Waals surface area contributed by atoms with E-state index in [1.807, 2.05) is 6.07 Å². The Morgan fingerprint density at radius 2 is 1.94 bits per heavy atom. The first-order chi connectivity index (χ1) is 16.7. The van der Waals surface area contributed by atoms with Gasteiger partial charge in [-0.1, -0.05) is 12.1 Å². The van der Waals surface area contributed by atoms with Crippen molar-refractivity contribution in [2.24, 2.45) is 5.73 Å². The summed E-state index contributed by atoms with van der Waals surface area (Å²) in [6.07, 6.45) is 1.47. The molecule has 2 aliphatic heterocycles. The average molecular weight is 496 g/mol. The number of carbonyl (C=O) groups excluding carboxylic acids is 2. The number of sulfone groups is 1. The molecule has 2 amide bonds. The largest absolute Gasteiger partial charge is 0.477 e. The first-order valence-electron chi connectivity index (χ1n) is 11.7. The molecule has 1 aromatic carbocycles.